The van der Waals surface area contributed by atoms with Crippen LogP contribution in [0.2, 0.25) is 0 Å². The second-order valence-corrected chi connectivity index (χ2v) is 6.94. The molecule has 1 saturated heterocycles. The summed E-state index contributed by atoms with van der Waals surface area (Å²) < 4.78 is 26.7. The van der Waals surface area contributed by atoms with E-state index in [9.17, 15) is 9.90 Å². The second-order valence-electron chi connectivity index (χ2n) is 6.94. The summed E-state index contributed by atoms with van der Waals surface area (Å²) in [6.07, 6.45) is 1.13. The maximum absolute atomic E-state index is 12.4. The predicted octanol–water partition coefficient (Wildman–Crippen LogP) is 3.00. The van der Waals surface area contributed by atoms with E-state index in [1.165, 1.54) is 7.11 Å². The number of esters is 1. The van der Waals surface area contributed by atoms with Gasteiger partial charge in [-0.2, -0.15) is 0 Å². The van der Waals surface area contributed by atoms with Gasteiger partial charge in [-0.25, -0.2) is 0 Å². The molecular formula is C22H26O7. The van der Waals surface area contributed by atoms with Gasteiger partial charge in [0.15, 0.2) is 23.0 Å². The highest BCUT2D eigenvalue weighted by atomic mass is 16.5. The fourth-order valence-electron chi connectivity index (χ4n) is 3.71. The topological polar surface area (TPSA) is 83.5 Å². The molecule has 1 aliphatic heterocycles. The number of methoxy groups -OCH3 is 4. The van der Waals surface area contributed by atoms with Crippen LogP contribution in [0.4, 0.5) is 0 Å². The molecule has 0 aliphatic carbocycles. The lowest BCUT2D eigenvalue weighted by molar-refractivity contribution is -0.141. The molecule has 156 valence electrons. The summed E-state index contributed by atoms with van der Waals surface area (Å²) >= 11 is 0. The Hall–Kier alpha value is -3.09. The first-order chi connectivity index (χ1) is 14.0. The molecule has 1 heterocycles. The molecule has 0 aromatic heterocycles. The molecule has 0 radical (unpaired) electrons. The number of carbonyl (C=O) groups excluding carboxylic acids is 1. The average Bonchev–Trinajstić information content (AvgIpc) is 3.07. The molecule has 2 aromatic carbocycles. The van der Waals surface area contributed by atoms with Crippen LogP contribution < -0.4 is 18.9 Å². The molecular weight excluding hydrogens is 376 g/mol. The predicted molar refractivity (Wildman–Crippen MR) is 106 cm³/mol. The molecule has 7 nitrogen and oxygen atoms in total. The van der Waals surface area contributed by atoms with Crippen molar-refractivity contribution in [2.24, 2.45) is 11.8 Å². The summed E-state index contributed by atoms with van der Waals surface area (Å²) in [6.45, 7) is 0.357. The zero-order chi connectivity index (χ0) is 21.0. The van der Waals surface area contributed by atoms with Gasteiger partial charge in [-0.3, -0.25) is 4.79 Å². The standard InChI is InChI=1S/C22H26O7/c1-25-18-9-13(5-6-17(18)23)8-16-15(12-29-22(16)24)7-14-10-19(26-2)21(28-4)20(11-14)27-3/h5-6,9-11,15-16,23H,7-8,12H2,1-4H3. The van der Waals surface area contributed by atoms with Crippen molar-refractivity contribution in [3.63, 3.8) is 0 Å². The zero-order valence-electron chi connectivity index (χ0n) is 17.1. The van der Waals surface area contributed by atoms with Crippen LogP contribution in [0.3, 0.4) is 0 Å². The van der Waals surface area contributed by atoms with Gasteiger partial charge in [0.05, 0.1) is 41.0 Å². The normalized spacial score (nSPS) is 18.3. The quantitative estimate of drug-likeness (QED) is 0.680. The van der Waals surface area contributed by atoms with Crippen molar-refractivity contribution in [2.45, 2.75) is 12.8 Å². The number of hydrogen-bond donors (Lipinski definition) is 1. The van der Waals surface area contributed by atoms with Crippen LogP contribution in [0, 0.1) is 11.8 Å². The Morgan fingerprint density at radius 3 is 2.10 bits per heavy atom. The van der Waals surface area contributed by atoms with Gasteiger partial charge in [0.1, 0.15) is 0 Å². The van der Waals surface area contributed by atoms with Crippen LogP contribution in [-0.4, -0.2) is 46.1 Å². The van der Waals surface area contributed by atoms with Gasteiger partial charge in [0, 0.05) is 5.92 Å². The van der Waals surface area contributed by atoms with Crippen LogP contribution in [0.15, 0.2) is 30.3 Å². The van der Waals surface area contributed by atoms with Crippen molar-refractivity contribution < 1.29 is 33.6 Å². The van der Waals surface area contributed by atoms with Crippen molar-refractivity contribution in [1.29, 1.82) is 0 Å². The van der Waals surface area contributed by atoms with Crippen molar-refractivity contribution in [3.8, 4) is 28.7 Å². The highest BCUT2D eigenvalue weighted by molar-refractivity contribution is 5.75. The Labute approximate surface area is 170 Å². The third-order valence-electron chi connectivity index (χ3n) is 5.23. The maximum atomic E-state index is 12.4. The molecule has 1 N–H and O–H groups in total. The van der Waals surface area contributed by atoms with E-state index in [0.29, 0.717) is 42.4 Å². The van der Waals surface area contributed by atoms with Crippen molar-refractivity contribution in [3.05, 3.63) is 41.5 Å². The highest BCUT2D eigenvalue weighted by Gasteiger charge is 2.37. The number of aromatic hydroxyl groups is 1. The van der Waals surface area contributed by atoms with Gasteiger partial charge in [-0.1, -0.05) is 6.07 Å². The number of benzene rings is 2. The van der Waals surface area contributed by atoms with Crippen LogP contribution in [0.25, 0.3) is 0 Å². The van der Waals surface area contributed by atoms with Crippen LogP contribution in [-0.2, 0) is 22.4 Å². The molecule has 0 saturated carbocycles. The van der Waals surface area contributed by atoms with E-state index in [-0.39, 0.29) is 23.6 Å². The number of cyclic esters (lactones) is 1. The Morgan fingerprint density at radius 1 is 0.897 bits per heavy atom. The number of phenols is 1. The lowest BCUT2D eigenvalue weighted by Gasteiger charge is -2.18. The number of phenolic OH excluding ortho intramolecular Hbond substituents is 1. The smallest absolute Gasteiger partial charge is 0.309 e. The fraction of sp³-hybridized carbons (Fsp3) is 0.409. The summed E-state index contributed by atoms with van der Waals surface area (Å²) in [4.78, 5) is 12.4. The fourth-order valence-corrected chi connectivity index (χ4v) is 3.71. The van der Waals surface area contributed by atoms with E-state index in [0.717, 1.165) is 11.1 Å². The average molecular weight is 402 g/mol. The number of hydrogen-bond acceptors (Lipinski definition) is 7. The van der Waals surface area contributed by atoms with Crippen LogP contribution >= 0.6 is 0 Å². The minimum atomic E-state index is -0.289. The van der Waals surface area contributed by atoms with E-state index < -0.39 is 0 Å². The summed E-state index contributed by atoms with van der Waals surface area (Å²) in [5.41, 5.74) is 1.87. The third kappa shape index (κ3) is 4.34. The summed E-state index contributed by atoms with van der Waals surface area (Å²) in [7, 11) is 6.20. The third-order valence-corrected chi connectivity index (χ3v) is 5.23. The first kappa shape index (κ1) is 20.6. The van der Waals surface area contributed by atoms with Gasteiger partial charge in [0.2, 0.25) is 5.75 Å². The lowest BCUT2D eigenvalue weighted by atomic mass is 9.85. The first-order valence-corrected chi connectivity index (χ1v) is 9.32. The number of ether oxygens (including phenoxy) is 5. The SMILES string of the molecule is COc1cc(CC2C(=O)OCC2Cc2cc(OC)c(OC)c(OC)c2)ccc1O. The molecule has 0 spiro atoms. The molecule has 2 atom stereocenters. The zero-order valence-corrected chi connectivity index (χ0v) is 17.1. The Balaban J connectivity index is 1.82. The van der Waals surface area contributed by atoms with Gasteiger partial charge < -0.3 is 28.8 Å². The molecule has 1 aliphatic rings. The van der Waals surface area contributed by atoms with E-state index in [4.69, 9.17) is 23.7 Å². The summed E-state index contributed by atoms with van der Waals surface area (Å²) in [5.74, 6) is 1.64. The van der Waals surface area contributed by atoms with Crippen molar-refractivity contribution >= 4 is 5.97 Å². The van der Waals surface area contributed by atoms with Gasteiger partial charge >= 0.3 is 5.97 Å². The summed E-state index contributed by atoms with van der Waals surface area (Å²) in [5, 5.41) is 9.79. The minimum absolute atomic E-state index is 0.00473. The van der Waals surface area contributed by atoms with Gasteiger partial charge in [0.25, 0.3) is 0 Å². The Kier molecular flexibility index (Phi) is 6.36. The molecule has 1 fully saturated rings. The van der Waals surface area contributed by atoms with Crippen LogP contribution in [0.5, 0.6) is 28.7 Å². The monoisotopic (exact) mass is 402 g/mol. The van der Waals surface area contributed by atoms with Crippen molar-refractivity contribution in [1.82, 2.24) is 0 Å². The minimum Gasteiger partial charge on any atom is -0.504 e. The molecule has 7 heteroatoms. The van der Waals surface area contributed by atoms with Crippen molar-refractivity contribution in [2.75, 3.05) is 35.0 Å². The Morgan fingerprint density at radius 2 is 1.52 bits per heavy atom. The number of rotatable bonds is 8. The molecule has 29 heavy (non-hydrogen) atoms. The second kappa shape index (κ2) is 8.94. The number of carbonyl (C=O) groups is 1. The Bertz CT molecular complexity index is 852. The molecule has 0 bridgehead atoms. The molecule has 0 amide bonds. The molecule has 2 unspecified atom stereocenters. The van der Waals surface area contributed by atoms with Gasteiger partial charge in [-0.15, -0.1) is 0 Å². The first-order valence-electron chi connectivity index (χ1n) is 9.32. The van der Waals surface area contributed by atoms with E-state index in [1.807, 2.05) is 12.1 Å². The highest BCUT2D eigenvalue weighted by Crippen LogP contribution is 2.40. The van der Waals surface area contributed by atoms with Crippen LogP contribution in [0.1, 0.15) is 11.1 Å². The van der Waals surface area contributed by atoms with Gasteiger partial charge in [-0.05, 0) is 48.2 Å². The maximum Gasteiger partial charge on any atom is 0.309 e. The lowest BCUT2D eigenvalue weighted by Crippen LogP contribution is -2.20. The van der Waals surface area contributed by atoms with E-state index >= 15 is 0 Å². The van der Waals surface area contributed by atoms with E-state index in [1.54, 1.807) is 39.5 Å². The van der Waals surface area contributed by atoms with E-state index in [2.05, 4.69) is 0 Å². The summed E-state index contributed by atoms with van der Waals surface area (Å²) in [6, 6.07) is 8.90. The largest absolute Gasteiger partial charge is 0.504 e. The molecule has 2 aromatic rings. The molecule has 3 rings (SSSR count).